The van der Waals surface area contributed by atoms with Gasteiger partial charge in [-0.1, -0.05) is 30.3 Å². The van der Waals surface area contributed by atoms with Crippen LogP contribution in [0.1, 0.15) is 28.0 Å². The molecule has 2 heterocycles. The van der Waals surface area contributed by atoms with Crippen LogP contribution in [0.4, 0.5) is 0 Å². The van der Waals surface area contributed by atoms with E-state index in [2.05, 4.69) is 10.1 Å². The first-order valence-electron chi connectivity index (χ1n) is 7.17. The van der Waals surface area contributed by atoms with Gasteiger partial charge in [-0.05, 0) is 24.6 Å². The molecule has 0 saturated heterocycles. The van der Waals surface area contributed by atoms with Crippen molar-refractivity contribution in [3.8, 4) is 10.4 Å². The third-order valence-electron chi connectivity index (χ3n) is 3.28. The lowest BCUT2D eigenvalue weighted by Crippen LogP contribution is -1.98. The molecule has 1 aromatic carbocycles. The molecule has 23 heavy (non-hydrogen) atoms. The molecule has 3 rings (SSSR count). The number of hydrogen-bond acceptors (Lipinski definition) is 4. The second-order valence-corrected chi connectivity index (χ2v) is 5.89. The van der Waals surface area contributed by atoms with Crippen molar-refractivity contribution in [3.63, 3.8) is 0 Å². The van der Waals surface area contributed by atoms with Gasteiger partial charge in [0.2, 0.25) is 0 Å². The van der Waals surface area contributed by atoms with Gasteiger partial charge in [-0.3, -0.25) is 4.68 Å². The number of aromatic carboxylic acids is 1. The molecule has 0 saturated carbocycles. The lowest BCUT2D eigenvalue weighted by molar-refractivity contribution is 0.0692. The van der Waals surface area contributed by atoms with E-state index in [1.165, 1.54) is 11.3 Å². The Morgan fingerprint density at radius 2 is 2.09 bits per heavy atom. The minimum absolute atomic E-state index is 0.0881. The monoisotopic (exact) mass is 325 g/mol. The number of aryl methyl sites for hydroxylation is 1. The standard InChI is InChI=1S/C17H15N3O2S/c1-2-20-11-12(10-18-20)8-9-14-19-15(17(21)22)16(23-14)13-6-4-3-5-7-13/h3-11H,2H2,1H3,(H,21,22). The van der Waals surface area contributed by atoms with Crippen molar-refractivity contribution in [3.05, 3.63) is 59.0 Å². The van der Waals surface area contributed by atoms with Crippen molar-refractivity contribution in [2.75, 3.05) is 0 Å². The first-order valence-corrected chi connectivity index (χ1v) is 7.99. The van der Waals surface area contributed by atoms with E-state index in [0.717, 1.165) is 17.7 Å². The van der Waals surface area contributed by atoms with Crippen LogP contribution in [0.5, 0.6) is 0 Å². The van der Waals surface area contributed by atoms with Gasteiger partial charge in [-0.15, -0.1) is 11.3 Å². The van der Waals surface area contributed by atoms with Crippen LogP contribution < -0.4 is 0 Å². The zero-order chi connectivity index (χ0) is 16.2. The molecule has 0 spiro atoms. The fourth-order valence-electron chi connectivity index (χ4n) is 2.14. The van der Waals surface area contributed by atoms with Crippen LogP contribution in [0.15, 0.2) is 42.7 Å². The molecule has 0 aliphatic heterocycles. The van der Waals surface area contributed by atoms with Crippen LogP contribution in [0.2, 0.25) is 0 Å². The predicted molar refractivity (Wildman–Crippen MR) is 91.3 cm³/mol. The zero-order valence-electron chi connectivity index (χ0n) is 12.5. The molecule has 6 heteroatoms. The summed E-state index contributed by atoms with van der Waals surface area (Å²) in [4.78, 5) is 16.3. The van der Waals surface area contributed by atoms with E-state index >= 15 is 0 Å². The van der Waals surface area contributed by atoms with Crippen molar-refractivity contribution in [2.45, 2.75) is 13.5 Å². The van der Waals surface area contributed by atoms with Gasteiger partial charge >= 0.3 is 5.97 Å². The highest BCUT2D eigenvalue weighted by Gasteiger charge is 2.17. The van der Waals surface area contributed by atoms with Crippen LogP contribution in [0.25, 0.3) is 22.6 Å². The Kier molecular flexibility index (Phi) is 4.34. The molecule has 5 nitrogen and oxygen atoms in total. The van der Waals surface area contributed by atoms with Gasteiger partial charge in [-0.25, -0.2) is 9.78 Å². The fourth-order valence-corrected chi connectivity index (χ4v) is 3.11. The summed E-state index contributed by atoms with van der Waals surface area (Å²) < 4.78 is 1.83. The SMILES string of the molecule is CCn1cc(C=Cc2nc(C(=O)O)c(-c3ccccc3)s2)cn1. The summed E-state index contributed by atoms with van der Waals surface area (Å²) in [5.41, 5.74) is 1.91. The maximum atomic E-state index is 11.4. The van der Waals surface area contributed by atoms with Gasteiger partial charge in [0.25, 0.3) is 0 Å². The maximum Gasteiger partial charge on any atom is 0.356 e. The minimum Gasteiger partial charge on any atom is -0.476 e. The van der Waals surface area contributed by atoms with Crippen molar-refractivity contribution >= 4 is 29.5 Å². The number of nitrogens with zero attached hydrogens (tertiary/aromatic N) is 3. The molecule has 0 amide bonds. The van der Waals surface area contributed by atoms with Crippen LogP contribution in [0.3, 0.4) is 0 Å². The van der Waals surface area contributed by atoms with Gasteiger partial charge in [0.05, 0.1) is 11.1 Å². The largest absolute Gasteiger partial charge is 0.476 e. The third-order valence-corrected chi connectivity index (χ3v) is 4.35. The third kappa shape index (κ3) is 3.37. The summed E-state index contributed by atoms with van der Waals surface area (Å²) in [6.07, 6.45) is 7.41. The Hall–Kier alpha value is -2.73. The smallest absolute Gasteiger partial charge is 0.356 e. The topological polar surface area (TPSA) is 68.0 Å². The second kappa shape index (κ2) is 6.58. The average molecular weight is 325 g/mol. The fraction of sp³-hybridized carbons (Fsp3) is 0.118. The highest BCUT2D eigenvalue weighted by Crippen LogP contribution is 2.31. The van der Waals surface area contributed by atoms with Crippen molar-refractivity contribution in [2.24, 2.45) is 0 Å². The molecule has 0 atom stereocenters. The molecule has 0 unspecified atom stereocenters. The lowest BCUT2D eigenvalue weighted by Gasteiger charge is -1.97. The first kappa shape index (κ1) is 15.2. The van der Waals surface area contributed by atoms with Gasteiger partial charge in [0, 0.05) is 18.3 Å². The first-order chi connectivity index (χ1) is 11.2. The Morgan fingerprint density at radius 3 is 2.74 bits per heavy atom. The van der Waals surface area contributed by atoms with E-state index in [0.29, 0.717) is 9.88 Å². The Labute approximate surface area is 137 Å². The molecule has 0 bridgehead atoms. The summed E-state index contributed by atoms with van der Waals surface area (Å²) in [5, 5.41) is 14.2. The number of aromatic nitrogens is 3. The summed E-state index contributed by atoms with van der Waals surface area (Å²) in [7, 11) is 0. The van der Waals surface area contributed by atoms with Gasteiger partial charge in [0.1, 0.15) is 5.01 Å². The van der Waals surface area contributed by atoms with E-state index in [1.807, 2.05) is 60.3 Å². The summed E-state index contributed by atoms with van der Waals surface area (Å²) in [6, 6.07) is 9.44. The summed E-state index contributed by atoms with van der Waals surface area (Å²) in [5.74, 6) is -1.02. The summed E-state index contributed by atoms with van der Waals surface area (Å²) >= 11 is 1.37. The van der Waals surface area contributed by atoms with E-state index < -0.39 is 5.97 Å². The lowest BCUT2D eigenvalue weighted by atomic mass is 10.1. The van der Waals surface area contributed by atoms with Gasteiger partial charge < -0.3 is 5.11 Å². The number of thiazole rings is 1. The van der Waals surface area contributed by atoms with Crippen molar-refractivity contribution in [1.82, 2.24) is 14.8 Å². The highest BCUT2D eigenvalue weighted by atomic mass is 32.1. The molecule has 2 aromatic heterocycles. The molecular formula is C17H15N3O2S. The quantitative estimate of drug-likeness (QED) is 0.772. The van der Waals surface area contributed by atoms with E-state index in [-0.39, 0.29) is 5.69 Å². The molecule has 1 N–H and O–H groups in total. The molecule has 116 valence electrons. The minimum atomic E-state index is -1.02. The van der Waals surface area contributed by atoms with Gasteiger partial charge in [0.15, 0.2) is 5.69 Å². The maximum absolute atomic E-state index is 11.4. The van der Waals surface area contributed by atoms with Gasteiger partial charge in [-0.2, -0.15) is 5.10 Å². The molecule has 3 aromatic rings. The number of carbonyl (C=O) groups is 1. The zero-order valence-corrected chi connectivity index (χ0v) is 13.3. The number of benzene rings is 1. The molecule has 0 fully saturated rings. The van der Waals surface area contributed by atoms with Crippen molar-refractivity contribution in [1.29, 1.82) is 0 Å². The number of carboxylic acid groups (broad SMARTS) is 1. The molecule has 0 aliphatic rings. The second-order valence-electron chi connectivity index (χ2n) is 4.86. The van der Waals surface area contributed by atoms with Crippen LogP contribution in [-0.4, -0.2) is 25.8 Å². The molecular weight excluding hydrogens is 310 g/mol. The van der Waals surface area contributed by atoms with Crippen LogP contribution >= 0.6 is 11.3 Å². The Morgan fingerprint density at radius 1 is 1.30 bits per heavy atom. The number of rotatable bonds is 5. The Balaban J connectivity index is 1.93. The normalized spacial score (nSPS) is 11.2. The van der Waals surface area contributed by atoms with Crippen LogP contribution in [0, 0.1) is 0 Å². The Bertz CT molecular complexity index is 850. The number of hydrogen-bond donors (Lipinski definition) is 1. The number of carboxylic acids is 1. The van der Waals surface area contributed by atoms with E-state index in [9.17, 15) is 9.90 Å². The highest BCUT2D eigenvalue weighted by molar-refractivity contribution is 7.16. The molecule has 0 aliphatic carbocycles. The molecule has 0 radical (unpaired) electrons. The average Bonchev–Trinajstić information content (AvgIpc) is 3.20. The van der Waals surface area contributed by atoms with Crippen molar-refractivity contribution < 1.29 is 9.90 Å². The van der Waals surface area contributed by atoms with Crippen LogP contribution in [-0.2, 0) is 6.54 Å². The van der Waals surface area contributed by atoms with E-state index in [4.69, 9.17) is 0 Å². The predicted octanol–water partition coefficient (Wildman–Crippen LogP) is 3.90. The summed E-state index contributed by atoms with van der Waals surface area (Å²) in [6.45, 7) is 2.83. The van der Waals surface area contributed by atoms with E-state index in [1.54, 1.807) is 6.20 Å².